The molecule has 0 aliphatic heterocycles. The quantitative estimate of drug-likeness (QED) is 0.470. The maximum atomic E-state index is 2.48. The van der Waals surface area contributed by atoms with Crippen molar-refractivity contribution in [2.24, 2.45) is 35.5 Å². The van der Waals surface area contributed by atoms with Crippen molar-refractivity contribution in [2.75, 3.05) is 0 Å². The van der Waals surface area contributed by atoms with Gasteiger partial charge in [0, 0.05) is 0 Å². The lowest BCUT2D eigenvalue weighted by molar-refractivity contribution is 0.430. The van der Waals surface area contributed by atoms with Crippen molar-refractivity contribution < 1.29 is 0 Å². The summed E-state index contributed by atoms with van der Waals surface area (Å²) in [5.74, 6) is 5.36. The zero-order chi connectivity index (χ0) is 21.7. The molecule has 8 atom stereocenters. The molecule has 0 aromatic heterocycles. The first-order valence-corrected chi connectivity index (χ1v) is 12.6. The van der Waals surface area contributed by atoms with Crippen LogP contribution < -0.4 is 0 Å². The fraction of sp³-hybridized carbons (Fsp3) is 0.375. The Morgan fingerprint density at radius 3 is 1.38 bits per heavy atom. The fourth-order valence-electron chi connectivity index (χ4n) is 7.45. The van der Waals surface area contributed by atoms with Crippen LogP contribution in [0.4, 0.5) is 0 Å². The molecule has 8 unspecified atom stereocenters. The molecule has 2 saturated carbocycles. The van der Waals surface area contributed by atoms with Gasteiger partial charge in [-0.25, -0.2) is 0 Å². The van der Waals surface area contributed by atoms with Gasteiger partial charge in [0.2, 0.25) is 0 Å². The van der Waals surface area contributed by atoms with Crippen LogP contribution >= 0.6 is 0 Å². The summed E-state index contributed by atoms with van der Waals surface area (Å²) in [4.78, 5) is 0. The van der Waals surface area contributed by atoms with E-state index < -0.39 is 0 Å². The van der Waals surface area contributed by atoms with Crippen LogP contribution in [0.5, 0.6) is 0 Å². The molecule has 2 aromatic carbocycles. The molecule has 0 radical (unpaired) electrons. The third kappa shape index (κ3) is 3.19. The van der Waals surface area contributed by atoms with E-state index in [4.69, 9.17) is 0 Å². The molecular weight excluding hydrogens is 384 g/mol. The van der Waals surface area contributed by atoms with Crippen molar-refractivity contribution >= 4 is 0 Å². The van der Waals surface area contributed by atoms with Gasteiger partial charge < -0.3 is 0 Å². The summed E-state index contributed by atoms with van der Waals surface area (Å²) in [6.45, 7) is 4.95. The van der Waals surface area contributed by atoms with E-state index in [1.165, 1.54) is 24.0 Å². The van der Waals surface area contributed by atoms with Gasteiger partial charge in [-0.2, -0.15) is 0 Å². The molecule has 0 heteroatoms. The van der Waals surface area contributed by atoms with E-state index in [1.807, 2.05) is 0 Å². The van der Waals surface area contributed by atoms with Crippen LogP contribution in [-0.2, 0) is 0 Å². The van der Waals surface area contributed by atoms with Crippen LogP contribution in [0.1, 0.15) is 49.7 Å². The Kier molecular flexibility index (Phi) is 5.05. The van der Waals surface area contributed by atoms with Gasteiger partial charge in [-0.3, -0.25) is 0 Å². The Morgan fingerprint density at radius 2 is 0.938 bits per heavy atom. The summed E-state index contributed by atoms with van der Waals surface area (Å²) < 4.78 is 0. The number of benzene rings is 2. The average Bonchev–Trinajstić information content (AvgIpc) is 3.36. The molecule has 0 bridgehead atoms. The number of hydrogen-bond donors (Lipinski definition) is 0. The Morgan fingerprint density at radius 1 is 0.531 bits per heavy atom. The molecule has 0 amide bonds. The van der Waals surface area contributed by atoms with E-state index >= 15 is 0 Å². The van der Waals surface area contributed by atoms with E-state index in [2.05, 4.69) is 111 Å². The minimum absolute atomic E-state index is 0.621. The second-order valence-electron chi connectivity index (χ2n) is 10.6. The van der Waals surface area contributed by atoms with E-state index in [0.717, 1.165) is 0 Å². The first-order valence-electron chi connectivity index (χ1n) is 12.6. The van der Waals surface area contributed by atoms with E-state index in [-0.39, 0.29) is 0 Å². The lowest BCUT2D eigenvalue weighted by Crippen LogP contribution is -2.13. The highest BCUT2D eigenvalue weighted by Crippen LogP contribution is 2.54. The van der Waals surface area contributed by atoms with Gasteiger partial charge >= 0.3 is 0 Å². The molecule has 0 saturated heterocycles. The normalized spacial score (nSPS) is 36.9. The Hall–Kier alpha value is -2.60. The Bertz CT molecular complexity index is 1020. The SMILES string of the molecule is CC1C(c2ccccc2-c2ccccc2C2CC3C=CC=CC3C2C)CC2C=CC=CC21. The summed E-state index contributed by atoms with van der Waals surface area (Å²) in [6, 6.07) is 18.6. The lowest BCUT2D eigenvalue weighted by Gasteiger charge is -2.26. The van der Waals surface area contributed by atoms with Crippen molar-refractivity contribution in [1.29, 1.82) is 0 Å². The molecule has 2 fully saturated rings. The molecule has 4 aliphatic carbocycles. The third-order valence-electron chi connectivity index (χ3n) is 9.14. The smallest absolute Gasteiger partial charge is 0.0118 e. The molecule has 0 N–H and O–H groups in total. The number of hydrogen-bond acceptors (Lipinski definition) is 0. The first-order chi connectivity index (χ1) is 15.7. The fourth-order valence-corrected chi connectivity index (χ4v) is 7.45. The van der Waals surface area contributed by atoms with Crippen LogP contribution in [0.25, 0.3) is 11.1 Å². The van der Waals surface area contributed by atoms with E-state index in [1.54, 1.807) is 11.1 Å². The molecule has 6 rings (SSSR count). The summed E-state index contributed by atoms with van der Waals surface area (Å²) in [5, 5.41) is 0. The van der Waals surface area contributed by atoms with Crippen LogP contribution in [0.3, 0.4) is 0 Å². The molecular formula is C32H34. The van der Waals surface area contributed by atoms with Gasteiger partial charge in [0.15, 0.2) is 0 Å². The maximum absolute atomic E-state index is 2.48. The number of fused-ring (bicyclic) bond motifs is 2. The maximum Gasteiger partial charge on any atom is -0.0118 e. The van der Waals surface area contributed by atoms with Crippen LogP contribution in [0.15, 0.2) is 97.1 Å². The molecule has 0 spiro atoms. The summed E-state index contributed by atoms with van der Waals surface area (Å²) in [7, 11) is 0. The number of allylic oxidation sites excluding steroid dienone is 8. The predicted octanol–water partition coefficient (Wildman–Crippen LogP) is 8.32. The second-order valence-corrected chi connectivity index (χ2v) is 10.6. The lowest BCUT2D eigenvalue weighted by atomic mass is 9.78. The molecule has 162 valence electrons. The van der Waals surface area contributed by atoms with E-state index in [0.29, 0.717) is 47.3 Å². The molecule has 0 heterocycles. The van der Waals surface area contributed by atoms with E-state index in [9.17, 15) is 0 Å². The summed E-state index contributed by atoms with van der Waals surface area (Å²) in [6.07, 6.45) is 21.3. The minimum Gasteiger partial charge on any atom is -0.0808 e. The standard InChI is InChI=1S/C32H34/c1-21-25-13-5-3-11-23(25)19-31(21)29-17-9-7-15-27(29)28-16-8-10-18-30(28)32-20-24-12-4-6-14-26(24)22(32)2/h3-18,21-26,31-32H,19-20H2,1-2H3. The predicted molar refractivity (Wildman–Crippen MR) is 135 cm³/mol. The van der Waals surface area contributed by atoms with Crippen LogP contribution in [0.2, 0.25) is 0 Å². The Balaban J connectivity index is 1.40. The topological polar surface area (TPSA) is 0 Å². The van der Waals surface area contributed by atoms with Gasteiger partial charge in [0.1, 0.15) is 0 Å². The number of rotatable bonds is 3. The summed E-state index contributed by atoms with van der Waals surface area (Å²) >= 11 is 0. The van der Waals surface area contributed by atoms with Gasteiger partial charge in [0.05, 0.1) is 0 Å². The third-order valence-corrected chi connectivity index (χ3v) is 9.14. The second kappa shape index (κ2) is 8.07. The molecule has 4 aliphatic rings. The van der Waals surface area contributed by atoms with Crippen molar-refractivity contribution in [3.05, 3.63) is 108 Å². The van der Waals surface area contributed by atoms with Crippen molar-refractivity contribution in [2.45, 2.75) is 38.5 Å². The van der Waals surface area contributed by atoms with Crippen LogP contribution in [-0.4, -0.2) is 0 Å². The zero-order valence-electron chi connectivity index (χ0n) is 19.3. The zero-order valence-corrected chi connectivity index (χ0v) is 19.3. The van der Waals surface area contributed by atoms with Crippen molar-refractivity contribution in [1.82, 2.24) is 0 Å². The van der Waals surface area contributed by atoms with Crippen LogP contribution in [0, 0.1) is 35.5 Å². The first kappa shape index (κ1) is 20.0. The molecule has 2 aromatic rings. The van der Waals surface area contributed by atoms with Gasteiger partial charge in [-0.05, 0) is 82.4 Å². The Labute approximate surface area is 193 Å². The van der Waals surface area contributed by atoms with Gasteiger partial charge in [-0.1, -0.05) is 111 Å². The van der Waals surface area contributed by atoms with Crippen molar-refractivity contribution in [3.63, 3.8) is 0 Å². The highest BCUT2D eigenvalue weighted by Gasteiger charge is 2.42. The average molecular weight is 419 g/mol. The largest absolute Gasteiger partial charge is 0.0808 e. The molecule has 0 nitrogen and oxygen atoms in total. The van der Waals surface area contributed by atoms with Crippen molar-refractivity contribution in [3.8, 4) is 11.1 Å². The summed E-state index contributed by atoms with van der Waals surface area (Å²) in [5.41, 5.74) is 6.07. The monoisotopic (exact) mass is 418 g/mol. The molecule has 32 heavy (non-hydrogen) atoms. The minimum atomic E-state index is 0.621. The van der Waals surface area contributed by atoms with Gasteiger partial charge in [0.25, 0.3) is 0 Å². The van der Waals surface area contributed by atoms with Gasteiger partial charge in [-0.15, -0.1) is 0 Å². The highest BCUT2D eigenvalue weighted by atomic mass is 14.5. The highest BCUT2D eigenvalue weighted by molar-refractivity contribution is 5.72.